The number of benzene rings is 1. The van der Waals surface area contributed by atoms with E-state index in [1.807, 2.05) is 0 Å². The molecule has 0 aromatic heterocycles. The molecule has 1 saturated carbocycles. The molecule has 12 heteroatoms. The van der Waals surface area contributed by atoms with Crippen LogP contribution in [-0.4, -0.2) is 26.5 Å². The van der Waals surface area contributed by atoms with Crippen molar-refractivity contribution in [1.29, 1.82) is 0 Å². The minimum Gasteiger partial charge on any atom is -0.312 e. The molecule has 2 unspecified atom stereocenters. The lowest BCUT2D eigenvalue weighted by atomic mass is 9.90. The maximum atomic E-state index is 13.4. The highest BCUT2D eigenvalue weighted by atomic mass is 127. The highest BCUT2D eigenvalue weighted by molar-refractivity contribution is 14.1. The molecule has 1 aliphatic heterocycles. The van der Waals surface area contributed by atoms with Crippen LogP contribution in [0.25, 0.3) is 0 Å². The van der Waals surface area contributed by atoms with Gasteiger partial charge in [-0.2, -0.15) is 26.3 Å². The first-order valence-electron chi connectivity index (χ1n) is 7.35. The molecule has 1 aromatic carbocycles. The van der Waals surface area contributed by atoms with Gasteiger partial charge in [0.25, 0.3) is 0 Å². The van der Waals surface area contributed by atoms with Crippen LogP contribution in [0, 0.1) is 0 Å². The summed E-state index contributed by atoms with van der Waals surface area (Å²) in [6.45, 7) is 0. The number of hydrogen-bond acceptors (Lipinski definition) is 3. The summed E-state index contributed by atoms with van der Waals surface area (Å²) in [4.78, 5) is 12.8. The van der Waals surface area contributed by atoms with E-state index in [0.29, 0.717) is 0 Å². The lowest BCUT2D eigenvalue weighted by Crippen LogP contribution is -2.42. The maximum Gasteiger partial charge on any atom is 0.431 e. The fourth-order valence-corrected chi connectivity index (χ4v) is 4.36. The zero-order chi connectivity index (χ0) is 20.3. The van der Waals surface area contributed by atoms with E-state index in [0.717, 1.165) is 12.1 Å². The Morgan fingerprint density at radius 2 is 1.70 bits per heavy atom. The third-order valence-electron chi connectivity index (χ3n) is 4.28. The number of alkyl halides is 8. The average molecular weight is 524 g/mol. The minimum atomic E-state index is -4.73. The van der Waals surface area contributed by atoms with Crippen LogP contribution in [0.1, 0.15) is 24.0 Å². The van der Waals surface area contributed by atoms with E-state index in [9.17, 15) is 31.1 Å². The highest BCUT2D eigenvalue weighted by Gasteiger charge is 2.72. The van der Waals surface area contributed by atoms with E-state index < -0.39 is 50.1 Å². The molecule has 0 saturated heterocycles. The molecule has 1 N–H and O–H groups in total. The van der Waals surface area contributed by atoms with E-state index in [1.54, 1.807) is 22.6 Å². The first kappa shape index (κ1) is 20.4. The standard InChI is InChI=1S/C15H9ClF6IN3O/c16-13(23)6-12(13,7-3-1-2-4-8(7)14(17,18)19)11(27)24-10-5-9(25-26-10)15(20,21)22/h1-4H,5-6H2,(H,24,26,27). The van der Waals surface area contributed by atoms with E-state index in [1.165, 1.54) is 12.1 Å². The molecule has 4 nitrogen and oxygen atoms in total. The van der Waals surface area contributed by atoms with Crippen LogP contribution in [0.4, 0.5) is 26.3 Å². The molecule has 0 bridgehead atoms. The second-order valence-electron chi connectivity index (χ2n) is 6.05. The topological polar surface area (TPSA) is 53.8 Å². The van der Waals surface area contributed by atoms with Crippen LogP contribution in [0.3, 0.4) is 0 Å². The second-order valence-corrected chi connectivity index (χ2v) is 9.18. The van der Waals surface area contributed by atoms with Crippen molar-refractivity contribution in [3.8, 4) is 0 Å². The number of rotatable bonds is 2. The zero-order valence-corrected chi connectivity index (χ0v) is 16.0. The molecule has 146 valence electrons. The van der Waals surface area contributed by atoms with Crippen LogP contribution in [0.5, 0.6) is 0 Å². The van der Waals surface area contributed by atoms with Gasteiger partial charge in [0.05, 0.1) is 12.0 Å². The van der Waals surface area contributed by atoms with E-state index in [-0.39, 0.29) is 12.0 Å². The number of amides is 1. The van der Waals surface area contributed by atoms with Gasteiger partial charge in [0, 0.05) is 0 Å². The summed E-state index contributed by atoms with van der Waals surface area (Å²) >= 11 is 7.87. The number of halogens is 8. The van der Waals surface area contributed by atoms with Crippen molar-refractivity contribution in [1.82, 2.24) is 5.32 Å². The van der Waals surface area contributed by atoms with Gasteiger partial charge in [-0.25, -0.2) is 0 Å². The van der Waals surface area contributed by atoms with E-state index in [4.69, 9.17) is 11.6 Å². The Hall–Kier alpha value is -1.37. The fourth-order valence-electron chi connectivity index (χ4n) is 2.87. The van der Waals surface area contributed by atoms with Gasteiger partial charge in [-0.05, 0) is 18.1 Å². The predicted molar refractivity (Wildman–Crippen MR) is 94.0 cm³/mol. The molecule has 1 heterocycles. The minimum absolute atomic E-state index is 0.124. The third-order valence-corrected chi connectivity index (χ3v) is 6.04. The number of carbonyl (C=O) groups is 1. The van der Waals surface area contributed by atoms with Gasteiger partial charge in [0.2, 0.25) is 5.91 Å². The summed E-state index contributed by atoms with van der Waals surface area (Å²) < 4.78 is 76.6. The predicted octanol–water partition coefficient (Wildman–Crippen LogP) is 4.55. The number of nitrogens with one attached hydrogen (secondary N) is 1. The summed E-state index contributed by atoms with van der Waals surface area (Å²) in [7, 11) is 0. The average Bonchev–Trinajstić information content (AvgIpc) is 2.89. The Morgan fingerprint density at radius 3 is 2.19 bits per heavy atom. The second kappa shape index (κ2) is 6.33. The number of nitrogens with zero attached hydrogens (tertiary/aromatic N) is 2. The van der Waals surface area contributed by atoms with Crippen molar-refractivity contribution in [2.24, 2.45) is 10.2 Å². The quantitative estimate of drug-likeness (QED) is 0.345. The smallest absolute Gasteiger partial charge is 0.312 e. The molecular formula is C15H9ClF6IN3O. The van der Waals surface area contributed by atoms with Gasteiger partial charge in [-0.1, -0.05) is 40.8 Å². The van der Waals surface area contributed by atoms with Crippen LogP contribution in [0.15, 0.2) is 34.5 Å². The summed E-state index contributed by atoms with van der Waals surface area (Å²) in [5.74, 6) is -1.35. The molecule has 3 rings (SSSR count). The van der Waals surface area contributed by atoms with Crippen LogP contribution < -0.4 is 5.32 Å². The maximum absolute atomic E-state index is 13.4. The van der Waals surface area contributed by atoms with Gasteiger partial charge in [0.15, 0.2) is 5.71 Å². The summed E-state index contributed by atoms with van der Waals surface area (Å²) in [6.07, 6.45) is -10.3. The SMILES string of the molecule is O=C(NC1=NN=C(C(F)(F)F)C1)C1(c2ccccc2C(F)(F)F)CC1(Cl)I. The van der Waals surface area contributed by atoms with Crippen LogP contribution >= 0.6 is 34.2 Å². The van der Waals surface area contributed by atoms with Crippen molar-refractivity contribution in [3.05, 3.63) is 35.4 Å². The van der Waals surface area contributed by atoms with Gasteiger partial charge in [0.1, 0.15) is 14.1 Å². The Labute approximate surface area is 167 Å². The summed E-state index contributed by atoms with van der Waals surface area (Å²) in [5.41, 5.74) is -4.33. The Kier molecular flexibility index (Phi) is 4.77. The summed E-state index contributed by atoms with van der Waals surface area (Å²) in [5, 5.41) is 8.38. The van der Waals surface area contributed by atoms with Crippen LogP contribution in [-0.2, 0) is 16.4 Å². The monoisotopic (exact) mass is 523 g/mol. The molecule has 1 aliphatic carbocycles. The Balaban J connectivity index is 1.90. The molecule has 2 atom stereocenters. The van der Waals surface area contributed by atoms with Crippen molar-refractivity contribution in [2.75, 3.05) is 0 Å². The lowest BCUT2D eigenvalue weighted by molar-refractivity contribution is -0.138. The molecule has 1 amide bonds. The molecule has 0 radical (unpaired) electrons. The molecular weight excluding hydrogens is 515 g/mol. The third kappa shape index (κ3) is 3.55. The largest absolute Gasteiger partial charge is 0.431 e. The van der Waals surface area contributed by atoms with Crippen molar-refractivity contribution < 1.29 is 31.1 Å². The van der Waals surface area contributed by atoms with Crippen molar-refractivity contribution in [3.63, 3.8) is 0 Å². The molecule has 0 spiro atoms. The normalized spacial score (nSPS) is 27.9. The zero-order valence-electron chi connectivity index (χ0n) is 13.1. The highest BCUT2D eigenvalue weighted by Crippen LogP contribution is 2.67. The van der Waals surface area contributed by atoms with Gasteiger partial charge < -0.3 is 5.32 Å². The fraction of sp³-hybridized carbons (Fsp3) is 0.400. The number of carbonyl (C=O) groups excluding carboxylic acids is 1. The van der Waals surface area contributed by atoms with Gasteiger partial charge >= 0.3 is 12.4 Å². The number of amidine groups is 1. The first-order valence-corrected chi connectivity index (χ1v) is 8.81. The van der Waals surface area contributed by atoms with Gasteiger partial charge in [-0.3, -0.25) is 4.79 Å². The Bertz CT molecular complexity index is 864. The molecule has 1 fully saturated rings. The lowest BCUT2D eigenvalue weighted by Gasteiger charge is -2.22. The Morgan fingerprint density at radius 1 is 1.11 bits per heavy atom. The van der Waals surface area contributed by atoms with Gasteiger partial charge in [-0.15, -0.1) is 21.8 Å². The molecule has 27 heavy (non-hydrogen) atoms. The summed E-state index contributed by atoms with van der Waals surface area (Å²) in [6, 6.07) is 4.47. The van der Waals surface area contributed by atoms with E-state index >= 15 is 0 Å². The van der Waals surface area contributed by atoms with Crippen molar-refractivity contribution in [2.45, 2.75) is 33.5 Å². The molecule has 2 aliphatic rings. The number of hydrogen-bond donors (Lipinski definition) is 1. The molecule has 1 aromatic rings. The first-order chi connectivity index (χ1) is 12.3. The van der Waals surface area contributed by atoms with Crippen molar-refractivity contribution >= 4 is 51.6 Å². The van der Waals surface area contributed by atoms with Crippen LogP contribution in [0.2, 0.25) is 0 Å². The van der Waals surface area contributed by atoms with E-state index in [2.05, 4.69) is 15.5 Å².